The van der Waals surface area contributed by atoms with Gasteiger partial charge in [0.15, 0.2) is 0 Å². The molecule has 1 heterocycles. The van der Waals surface area contributed by atoms with Crippen molar-refractivity contribution in [3.05, 3.63) is 41.8 Å². The highest BCUT2D eigenvalue weighted by molar-refractivity contribution is 6.34. The van der Waals surface area contributed by atoms with Crippen LogP contribution in [0.2, 0.25) is 5.15 Å². The smallest absolute Gasteiger partial charge is 0.303 e. The van der Waals surface area contributed by atoms with Gasteiger partial charge in [-0.2, -0.15) is 0 Å². The molecule has 0 aliphatic heterocycles. The van der Waals surface area contributed by atoms with Crippen LogP contribution in [-0.4, -0.2) is 22.5 Å². The maximum absolute atomic E-state index is 11.4. The fraction of sp³-hybridized carbons (Fsp3) is 0.389. The number of nitrogens with zero attached hydrogens (tertiary/aromatic N) is 2. The van der Waals surface area contributed by atoms with Crippen LogP contribution in [-0.2, 0) is 9.53 Å². The van der Waals surface area contributed by atoms with Crippen LogP contribution in [0, 0.1) is 0 Å². The van der Waals surface area contributed by atoms with E-state index >= 15 is 0 Å². The van der Waals surface area contributed by atoms with Crippen molar-refractivity contribution < 1.29 is 14.3 Å². The van der Waals surface area contributed by atoms with Crippen molar-refractivity contribution in [2.45, 2.75) is 39.2 Å². The topological polar surface area (TPSA) is 61.3 Å². The number of benzene rings is 1. The first kappa shape index (κ1) is 18.2. The Morgan fingerprint density at radius 1 is 1.42 bits per heavy atom. The lowest BCUT2D eigenvalue weighted by atomic mass is 10.0. The predicted octanol–water partition coefficient (Wildman–Crippen LogP) is 4.64. The number of esters is 1. The first-order valence-corrected chi connectivity index (χ1v) is 8.29. The average molecular weight is 349 g/mol. The molecular weight excluding hydrogens is 328 g/mol. The number of unbranched alkanes of at least 4 members (excludes halogenated alkanes) is 1. The van der Waals surface area contributed by atoms with Crippen LogP contribution in [0.5, 0.6) is 5.75 Å². The molecule has 0 radical (unpaired) electrons. The van der Waals surface area contributed by atoms with Gasteiger partial charge in [0.25, 0.3) is 0 Å². The zero-order chi connectivity index (χ0) is 17.5. The molecule has 1 aromatic carbocycles. The van der Waals surface area contributed by atoms with Crippen molar-refractivity contribution in [1.82, 2.24) is 9.97 Å². The van der Waals surface area contributed by atoms with Crippen LogP contribution in [0.4, 0.5) is 0 Å². The summed E-state index contributed by atoms with van der Waals surface area (Å²) >= 11 is 6.16. The zero-order valence-electron chi connectivity index (χ0n) is 13.9. The van der Waals surface area contributed by atoms with Crippen LogP contribution in [0.25, 0.3) is 10.9 Å². The number of carbonyl (C=O) groups excluding carboxylic acids is 1. The van der Waals surface area contributed by atoms with Gasteiger partial charge in [-0.15, -0.1) is 6.58 Å². The number of allylic oxidation sites excluding steroid dienone is 1. The lowest BCUT2D eigenvalue weighted by Gasteiger charge is -2.20. The molecular formula is C18H21ClN2O3. The third-order valence-corrected chi connectivity index (χ3v) is 3.86. The van der Waals surface area contributed by atoms with Gasteiger partial charge < -0.3 is 9.47 Å². The standard InChI is InChI=1S/C18H21ClN2O3/c1-4-6-7-8-23-17-10-13-15(20-11-21-18(13)19)9-14(17)16(5-2)24-12(3)22/h4,9-11,16H,1,5-8H2,2-3H3. The van der Waals surface area contributed by atoms with E-state index in [0.29, 0.717) is 34.8 Å². The molecule has 24 heavy (non-hydrogen) atoms. The number of carbonyl (C=O) groups is 1. The summed E-state index contributed by atoms with van der Waals surface area (Å²) in [7, 11) is 0. The Kier molecular flexibility index (Phi) is 6.55. The summed E-state index contributed by atoms with van der Waals surface area (Å²) in [6.45, 7) is 7.58. The van der Waals surface area contributed by atoms with E-state index in [0.717, 1.165) is 18.4 Å². The van der Waals surface area contributed by atoms with Gasteiger partial charge in [0.1, 0.15) is 23.3 Å². The molecule has 1 atom stereocenters. The molecule has 0 spiro atoms. The first-order valence-electron chi connectivity index (χ1n) is 7.91. The second kappa shape index (κ2) is 8.64. The van der Waals surface area contributed by atoms with Crippen LogP contribution >= 0.6 is 11.6 Å². The summed E-state index contributed by atoms with van der Waals surface area (Å²) in [4.78, 5) is 19.6. The van der Waals surface area contributed by atoms with Crippen LogP contribution in [0.15, 0.2) is 31.1 Å². The lowest BCUT2D eigenvalue weighted by molar-refractivity contribution is -0.146. The van der Waals surface area contributed by atoms with Gasteiger partial charge in [-0.25, -0.2) is 9.97 Å². The minimum Gasteiger partial charge on any atom is -0.493 e. The molecule has 0 fully saturated rings. The molecule has 1 aromatic heterocycles. The van der Waals surface area contributed by atoms with E-state index in [2.05, 4.69) is 16.5 Å². The normalized spacial score (nSPS) is 12.0. The molecule has 0 saturated carbocycles. The van der Waals surface area contributed by atoms with Gasteiger partial charge in [-0.05, 0) is 31.4 Å². The monoisotopic (exact) mass is 348 g/mol. The van der Waals surface area contributed by atoms with E-state index in [9.17, 15) is 4.79 Å². The third kappa shape index (κ3) is 4.45. The third-order valence-electron chi connectivity index (χ3n) is 3.55. The van der Waals surface area contributed by atoms with Crippen LogP contribution in [0.3, 0.4) is 0 Å². The summed E-state index contributed by atoms with van der Waals surface area (Å²) in [6.07, 6.45) is 5.22. The molecule has 2 rings (SSSR count). The minimum atomic E-state index is -0.393. The van der Waals surface area contributed by atoms with E-state index in [4.69, 9.17) is 21.1 Å². The highest BCUT2D eigenvalue weighted by atomic mass is 35.5. The van der Waals surface area contributed by atoms with E-state index in [1.165, 1.54) is 13.3 Å². The summed E-state index contributed by atoms with van der Waals surface area (Å²) in [6, 6.07) is 3.66. The molecule has 0 N–H and O–H groups in total. The number of rotatable bonds is 8. The minimum absolute atomic E-state index is 0.333. The largest absolute Gasteiger partial charge is 0.493 e. The van der Waals surface area contributed by atoms with Crippen molar-refractivity contribution in [2.24, 2.45) is 0 Å². The van der Waals surface area contributed by atoms with Gasteiger partial charge in [0.2, 0.25) is 0 Å². The zero-order valence-corrected chi connectivity index (χ0v) is 14.7. The molecule has 128 valence electrons. The predicted molar refractivity (Wildman–Crippen MR) is 94.3 cm³/mol. The molecule has 0 amide bonds. The number of fused-ring (bicyclic) bond motifs is 1. The Morgan fingerprint density at radius 2 is 2.21 bits per heavy atom. The summed E-state index contributed by atoms with van der Waals surface area (Å²) in [5, 5.41) is 1.07. The summed E-state index contributed by atoms with van der Waals surface area (Å²) in [5.74, 6) is 0.302. The Labute approximate surface area is 146 Å². The van der Waals surface area contributed by atoms with E-state index in [-0.39, 0.29) is 5.97 Å². The van der Waals surface area contributed by atoms with E-state index in [1.807, 2.05) is 25.1 Å². The van der Waals surface area contributed by atoms with Crippen molar-refractivity contribution in [3.63, 3.8) is 0 Å². The van der Waals surface area contributed by atoms with Gasteiger partial charge in [0.05, 0.1) is 12.1 Å². The second-order valence-corrected chi connectivity index (χ2v) is 5.72. The van der Waals surface area contributed by atoms with E-state index in [1.54, 1.807) is 0 Å². The van der Waals surface area contributed by atoms with Crippen molar-refractivity contribution in [3.8, 4) is 5.75 Å². The second-order valence-electron chi connectivity index (χ2n) is 5.36. The van der Waals surface area contributed by atoms with E-state index < -0.39 is 6.10 Å². The molecule has 1 unspecified atom stereocenters. The average Bonchev–Trinajstić information content (AvgIpc) is 2.56. The Morgan fingerprint density at radius 3 is 2.88 bits per heavy atom. The van der Waals surface area contributed by atoms with Gasteiger partial charge in [-0.1, -0.05) is 24.6 Å². The molecule has 2 aromatic rings. The molecule has 6 heteroatoms. The summed E-state index contributed by atoms with van der Waals surface area (Å²) < 4.78 is 11.3. The number of ether oxygens (including phenoxy) is 2. The molecule has 0 aliphatic rings. The molecule has 0 aliphatic carbocycles. The quantitative estimate of drug-likeness (QED) is 0.301. The van der Waals surface area contributed by atoms with Crippen molar-refractivity contribution in [2.75, 3.05) is 6.61 Å². The van der Waals surface area contributed by atoms with Gasteiger partial charge in [-0.3, -0.25) is 4.79 Å². The van der Waals surface area contributed by atoms with Crippen molar-refractivity contribution in [1.29, 1.82) is 0 Å². The highest BCUT2D eigenvalue weighted by Gasteiger charge is 2.20. The Bertz CT molecular complexity index is 734. The van der Waals surface area contributed by atoms with Crippen LogP contribution < -0.4 is 4.74 Å². The summed E-state index contributed by atoms with van der Waals surface area (Å²) in [5.41, 5.74) is 1.47. The van der Waals surface area contributed by atoms with Gasteiger partial charge in [0, 0.05) is 17.9 Å². The lowest BCUT2D eigenvalue weighted by Crippen LogP contribution is -2.10. The number of hydrogen-bond acceptors (Lipinski definition) is 5. The van der Waals surface area contributed by atoms with Crippen molar-refractivity contribution >= 4 is 28.5 Å². The highest BCUT2D eigenvalue weighted by Crippen LogP contribution is 2.35. The van der Waals surface area contributed by atoms with Crippen LogP contribution in [0.1, 0.15) is 44.8 Å². The Hall–Kier alpha value is -2.14. The number of aromatic nitrogens is 2. The van der Waals surface area contributed by atoms with Gasteiger partial charge >= 0.3 is 5.97 Å². The maximum Gasteiger partial charge on any atom is 0.303 e. The maximum atomic E-state index is 11.4. The molecule has 5 nitrogen and oxygen atoms in total. The number of hydrogen-bond donors (Lipinski definition) is 0. The molecule has 0 saturated heterocycles. The fourth-order valence-corrected chi connectivity index (χ4v) is 2.62. The SMILES string of the molecule is C=CCCCOc1cc2c(Cl)ncnc2cc1C(CC)OC(C)=O. The number of halogens is 1. The molecule has 0 bridgehead atoms. The first-order chi connectivity index (χ1) is 11.6. The Balaban J connectivity index is 2.43. The fourth-order valence-electron chi connectivity index (χ4n) is 2.42.